The molecule has 0 spiro atoms. The van der Waals surface area contributed by atoms with Crippen molar-refractivity contribution in [2.45, 2.75) is 32.6 Å². The molecule has 2 saturated heterocycles. The topological polar surface area (TPSA) is 96.6 Å². The van der Waals surface area contributed by atoms with Gasteiger partial charge in [-0.05, 0) is 26.3 Å². The number of carbonyl (C=O) groups is 1. The van der Waals surface area contributed by atoms with Crippen molar-refractivity contribution in [1.82, 2.24) is 19.3 Å². The lowest BCUT2D eigenvalue weighted by Gasteiger charge is -2.25. The van der Waals surface area contributed by atoms with Crippen molar-refractivity contribution >= 4 is 15.9 Å². The van der Waals surface area contributed by atoms with Gasteiger partial charge in [0.25, 0.3) is 0 Å². The van der Waals surface area contributed by atoms with Crippen LogP contribution in [0.1, 0.15) is 29.8 Å². The van der Waals surface area contributed by atoms with Crippen molar-refractivity contribution in [3.05, 3.63) is 47.1 Å². The first-order valence-electron chi connectivity index (χ1n) is 9.85. The van der Waals surface area contributed by atoms with E-state index in [0.29, 0.717) is 37.8 Å². The number of sulfonamides is 1. The van der Waals surface area contributed by atoms with Gasteiger partial charge in [0.05, 0.1) is 17.6 Å². The van der Waals surface area contributed by atoms with Gasteiger partial charge in [0.15, 0.2) is 5.82 Å². The number of fused-ring (bicyclic) bond motifs is 1. The van der Waals surface area contributed by atoms with Crippen LogP contribution < -0.4 is 0 Å². The number of rotatable bonds is 5. The van der Waals surface area contributed by atoms with E-state index in [4.69, 9.17) is 4.52 Å². The molecular weight excluding hydrogens is 392 g/mol. The van der Waals surface area contributed by atoms with E-state index in [1.54, 1.807) is 13.8 Å². The van der Waals surface area contributed by atoms with Crippen LogP contribution in [-0.2, 0) is 26.7 Å². The first-order valence-corrected chi connectivity index (χ1v) is 11.5. The maximum atomic E-state index is 13.0. The fourth-order valence-electron chi connectivity index (χ4n) is 4.51. The Hall–Kier alpha value is -2.26. The van der Waals surface area contributed by atoms with Gasteiger partial charge >= 0.3 is 0 Å². The first kappa shape index (κ1) is 20.0. The molecule has 8 nitrogen and oxygen atoms in total. The van der Waals surface area contributed by atoms with Gasteiger partial charge in [-0.25, -0.2) is 12.7 Å². The average molecular weight is 419 g/mol. The smallest absolute Gasteiger partial charge is 0.236 e. The number of aromatic nitrogens is 2. The average Bonchev–Trinajstić information content (AvgIpc) is 3.34. The van der Waals surface area contributed by atoms with Crippen LogP contribution >= 0.6 is 0 Å². The number of benzene rings is 1. The summed E-state index contributed by atoms with van der Waals surface area (Å²) in [5.41, 5.74) is 1.45. The Morgan fingerprint density at radius 3 is 2.72 bits per heavy atom. The summed E-state index contributed by atoms with van der Waals surface area (Å²) in [7, 11) is -3.33. The lowest BCUT2D eigenvalue weighted by Crippen LogP contribution is -2.42. The van der Waals surface area contributed by atoms with Crippen LogP contribution in [0.4, 0.5) is 0 Å². The molecule has 4 rings (SSSR count). The molecule has 2 fully saturated rings. The predicted octanol–water partition coefficient (Wildman–Crippen LogP) is 1.29. The molecule has 1 aromatic heterocycles. The van der Waals surface area contributed by atoms with Gasteiger partial charge in [0.2, 0.25) is 21.8 Å². The SMILES string of the molecule is CCS(=O)(=O)N1C[C@@H]2CN(C(=O)Cc3cccc(C)c3)C[C@]2(c2nc(C)no2)C1. The highest BCUT2D eigenvalue weighted by Crippen LogP contribution is 2.45. The minimum atomic E-state index is -3.33. The summed E-state index contributed by atoms with van der Waals surface area (Å²) in [5, 5.41) is 3.91. The third-order valence-electron chi connectivity index (χ3n) is 6.08. The third-order valence-corrected chi connectivity index (χ3v) is 7.87. The molecule has 0 aliphatic carbocycles. The van der Waals surface area contributed by atoms with Crippen LogP contribution in [-0.4, -0.2) is 65.6 Å². The highest BCUT2D eigenvalue weighted by molar-refractivity contribution is 7.89. The molecule has 156 valence electrons. The highest BCUT2D eigenvalue weighted by Gasteiger charge is 2.59. The highest BCUT2D eigenvalue weighted by atomic mass is 32.2. The third kappa shape index (κ3) is 3.57. The summed E-state index contributed by atoms with van der Waals surface area (Å²) in [6.07, 6.45) is 0.324. The van der Waals surface area contributed by atoms with Crippen molar-refractivity contribution in [1.29, 1.82) is 0 Å². The summed E-state index contributed by atoms with van der Waals surface area (Å²) in [5.74, 6) is 0.957. The molecule has 2 aromatic rings. The van der Waals surface area contributed by atoms with Crippen LogP contribution in [0.5, 0.6) is 0 Å². The molecule has 2 aliphatic rings. The number of amides is 1. The fourth-order valence-corrected chi connectivity index (χ4v) is 5.71. The second kappa shape index (κ2) is 7.21. The molecule has 0 bridgehead atoms. The Kier molecular flexibility index (Phi) is 4.98. The molecule has 0 radical (unpaired) electrons. The first-order chi connectivity index (χ1) is 13.7. The van der Waals surface area contributed by atoms with Crippen molar-refractivity contribution < 1.29 is 17.7 Å². The van der Waals surface area contributed by atoms with Crippen LogP contribution in [0, 0.1) is 19.8 Å². The number of carbonyl (C=O) groups excluding carboxylic acids is 1. The van der Waals surface area contributed by atoms with Crippen LogP contribution in [0.3, 0.4) is 0 Å². The van der Waals surface area contributed by atoms with E-state index < -0.39 is 15.4 Å². The molecule has 2 aliphatic heterocycles. The quantitative estimate of drug-likeness (QED) is 0.726. The molecule has 1 amide bonds. The minimum Gasteiger partial charge on any atom is -0.341 e. The Bertz CT molecular complexity index is 1030. The summed E-state index contributed by atoms with van der Waals surface area (Å²) in [6.45, 7) is 6.90. The van der Waals surface area contributed by atoms with Gasteiger partial charge in [0, 0.05) is 32.1 Å². The number of aryl methyl sites for hydroxylation is 2. The summed E-state index contributed by atoms with van der Waals surface area (Å²) < 4.78 is 32.0. The molecule has 9 heteroatoms. The number of nitrogens with zero attached hydrogens (tertiary/aromatic N) is 4. The Morgan fingerprint density at radius 2 is 2.07 bits per heavy atom. The lowest BCUT2D eigenvalue weighted by molar-refractivity contribution is -0.129. The number of hydrogen-bond acceptors (Lipinski definition) is 6. The van der Waals surface area contributed by atoms with E-state index in [9.17, 15) is 13.2 Å². The van der Waals surface area contributed by atoms with E-state index in [0.717, 1.165) is 11.1 Å². The fraction of sp³-hybridized carbons (Fsp3) is 0.550. The standard InChI is InChI=1S/C20H26N4O4S/c1-4-29(26,27)24-11-17-10-23(18(25)9-16-7-5-6-14(2)8-16)12-20(17,13-24)19-21-15(3)22-28-19/h5-8,17H,4,9-13H2,1-3H3/t17-,20-/m0/s1. The largest absolute Gasteiger partial charge is 0.341 e. The number of hydrogen-bond donors (Lipinski definition) is 0. The molecule has 0 saturated carbocycles. The van der Waals surface area contributed by atoms with Gasteiger partial charge < -0.3 is 9.42 Å². The van der Waals surface area contributed by atoms with E-state index in [2.05, 4.69) is 10.1 Å². The molecule has 0 unspecified atom stereocenters. The predicted molar refractivity (Wildman–Crippen MR) is 107 cm³/mol. The second-order valence-corrected chi connectivity index (χ2v) is 10.4. The molecule has 29 heavy (non-hydrogen) atoms. The Morgan fingerprint density at radius 1 is 1.28 bits per heavy atom. The van der Waals surface area contributed by atoms with Crippen molar-refractivity contribution in [2.24, 2.45) is 5.92 Å². The molecule has 3 heterocycles. The lowest BCUT2D eigenvalue weighted by atomic mass is 9.81. The molecule has 2 atom stereocenters. The zero-order valence-electron chi connectivity index (χ0n) is 17.0. The summed E-state index contributed by atoms with van der Waals surface area (Å²) >= 11 is 0. The minimum absolute atomic E-state index is 0.0329. The summed E-state index contributed by atoms with van der Waals surface area (Å²) in [4.78, 5) is 19.2. The van der Waals surface area contributed by atoms with Crippen molar-refractivity contribution in [3.63, 3.8) is 0 Å². The van der Waals surface area contributed by atoms with Gasteiger partial charge in [-0.15, -0.1) is 0 Å². The maximum Gasteiger partial charge on any atom is 0.236 e. The van der Waals surface area contributed by atoms with E-state index in [1.165, 1.54) is 4.31 Å². The van der Waals surface area contributed by atoms with Crippen molar-refractivity contribution in [3.8, 4) is 0 Å². The maximum absolute atomic E-state index is 13.0. The van der Waals surface area contributed by atoms with Crippen LogP contribution in [0.2, 0.25) is 0 Å². The normalized spacial score (nSPS) is 24.8. The zero-order chi connectivity index (χ0) is 20.8. The van der Waals surface area contributed by atoms with Gasteiger partial charge in [-0.2, -0.15) is 4.98 Å². The molecule has 0 N–H and O–H groups in total. The van der Waals surface area contributed by atoms with Crippen LogP contribution in [0.15, 0.2) is 28.8 Å². The van der Waals surface area contributed by atoms with Gasteiger partial charge in [-0.3, -0.25) is 4.79 Å². The van der Waals surface area contributed by atoms with E-state index in [1.807, 2.05) is 36.1 Å². The zero-order valence-corrected chi connectivity index (χ0v) is 17.8. The van der Waals surface area contributed by atoms with Crippen LogP contribution in [0.25, 0.3) is 0 Å². The molecule has 1 aromatic carbocycles. The van der Waals surface area contributed by atoms with Crippen molar-refractivity contribution in [2.75, 3.05) is 31.9 Å². The van der Waals surface area contributed by atoms with E-state index >= 15 is 0 Å². The van der Waals surface area contributed by atoms with Gasteiger partial charge in [-0.1, -0.05) is 35.0 Å². The second-order valence-electron chi connectivity index (χ2n) is 8.13. The molecular formula is C20H26N4O4S. The Labute approximate surface area is 170 Å². The summed E-state index contributed by atoms with van der Waals surface area (Å²) in [6, 6.07) is 7.92. The number of likely N-dealkylation sites (tertiary alicyclic amines) is 1. The van der Waals surface area contributed by atoms with E-state index in [-0.39, 0.29) is 24.1 Å². The monoisotopic (exact) mass is 418 g/mol. The van der Waals surface area contributed by atoms with Gasteiger partial charge in [0.1, 0.15) is 0 Å². The Balaban J connectivity index is 1.59.